The number of ketones is 1. The number of Topliss-reactive ketones (excluding diaryl/α,β-unsaturated/α-hetero) is 1. The Morgan fingerprint density at radius 2 is 1.87 bits per heavy atom. The Balaban J connectivity index is 1.87. The first kappa shape index (κ1) is 28.2. The number of carbonyl (C=O) groups is 3. The van der Waals surface area contributed by atoms with Gasteiger partial charge in [0.2, 0.25) is 0 Å². The average molecular weight is 537 g/mol. The minimum absolute atomic E-state index is 0.0159. The fourth-order valence-electron chi connectivity index (χ4n) is 5.11. The average Bonchev–Trinajstić information content (AvgIpc) is 2.87. The molecule has 0 fully saturated rings. The number of aromatic hydroxyl groups is 1. The molecule has 2 heterocycles. The number of para-hydroxylation sites is 1. The predicted octanol–water partition coefficient (Wildman–Crippen LogP) is 6.11. The molecule has 0 radical (unpaired) electrons. The number of phenols is 1. The molecule has 2 unspecified atom stereocenters. The molecule has 1 N–H and O–H groups in total. The molecule has 2 aromatic carbocycles. The lowest BCUT2D eigenvalue weighted by Crippen LogP contribution is -2.24. The van der Waals surface area contributed by atoms with Crippen LogP contribution in [0.3, 0.4) is 0 Å². The lowest BCUT2D eigenvalue weighted by molar-refractivity contribution is -0.135. The Hall–Kier alpha value is -3.81. The van der Waals surface area contributed by atoms with Crippen LogP contribution in [0, 0.1) is 0 Å². The Bertz CT molecular complexity index is 1280. The molecule has 0 spiro atoms. The fourth-order valence-corrected chi connectivity index (χ4v) is 5.11. The Morgan fingerprint density at radius 3 is 2.62 bits per heavy atom. The summed E-state index contributed by atoms with van der Waals surface area (Å²) in [5, 5.41) is 11.7. The molecule has 8 heteroatoms. The highest BCUT2D eigenvalue weighted by Gasteiger charge is 2.37. The van der Waals surface area contributed by atoms with Crippen molar-refractivity contribution in [2.24, 2.45) is 0 Å². The van der Waals surface area contributed by atoms with E-state index in [2.05, 4.69) is 0 Å². The fraction of sp³-hybridized carbons (Fsp3) is 0.452. The van der Waals surface area contributed by atoms with Gasteiger partial charge in [-0.3, -0.25) is 9.59 Å². The van der Waals surface area contributed by atoms with E-state index in [1.807, 2.05) is 26.0 Å². The zero-order valence-electron chi connectivity index (χ0n) is 23.0. The van der Waals surface area contributed by atoms with Crippen LogP contribution in [-0.4, -0.2) is 42.1 Å². The highest BCUT2D eigenvalue weighted by atomic mass is 16.5. The highest BCUT2D eigenvalue weighted by molar-refractivity contribution is 5.98. The van der Waals surface area contributed by atoms with E-state index < -0.39 is 24.0 Å². The summed E-state index contributed by atoms with van der Waals surface area (Å²) in [6, 6.07) is 6.97. The molecule has 0 aromatic heterocycles. The molecule has 0 aliphatic carbocycles. The molecule has 39 heavy (non-hydrogen) atoms. The Kier molecular flexibility index (Phi) is 8.94. The minimum Gasteiger partial charge on any atom is -0.507 e. The molecule has 0 saturated heterocycles. The van der Waals surface area contributed by atoms with Crippen LogP contribution in [0.4, 0.5) is 0 Å². The zero-order valence-corrected chi connectivity index (χ0v) is 23.0. The standard InChI is InChI=1S/C31H36O8/c1-18(2)37-30-22(14-9-15-24(30)36-4)23-17-26(33)39-25-16-20-11-6-5-7-12-21(32)13-8-10-19(3)38-31(35)27(20)29(34)28(23)25/h6,9,11,14-16,18-19,23,34H,5,7-8,10,12-13,17H2,1-4H3/b11-6+. The number of rotatable bonds is 4. The van der Waals surface area contributed by atoms with Gasteiger partial charge in [-0.15, -0.1) is 0 Å². The van der Waals surface area contributed by atoms with Gasteiger partial charge in [0, 0.05) is 29.9 Å². The van der Waals surface area contributed by atoms with Gasteiger partial charge >= 0.3 is 11.9 Å². The van der Waals surface area contributed by atoms with Gasteiger partial charge in [-0.25, -0.2) is 4.79 Å². The van der Waals surface area contributed by atoms with Gasteiger partial charge in [-0.05, 0) is 64.2 Å². The third-order valence-electron chi connectivity index (χ3n) is 6.94. The number of phenolic OH excluding ortho intramolecular Hbond substituents is 1. The summed E-state index contributed by atoms with van der Waals surface area (Å²) < 4.78 is 22.9. The molecular weight excluding hydrogens is 500 g/mol. The second kappa shape index (κ2) is 12.4. The number of esters is 2. The molecule has 2 atom stereocenters. The Morgan fingerprint density at radius 1 is 1.10 bits per heavy atom. The van der Waals surface area contributed by atoms with Crippen molar-refractivity contribution in [2.45, 2.75) is 83.8 Å². The van der Waals surface area contributed by atoms with Crippen LogP contribution >= 0.6 is 0 Å². The molecule has 208 valence electrons. The van der Waals surface area contributed by atoms with E-state index in [0.29, 0.717) is 66.7 Å². The minimum atomic E-state index is -0.675. The number of cyclic esters (lactones) is 1. The second-order valence-corrected chi connectivity index (χ2v) is 10.3. The summed E-state index contributed by atoms with van der Waals surface area (Å²) in [7, 11) is 1.54. The summed E-state index contributed by atoms with van der Waals surface area (Å²) in [5.41, 5.74) is 1.35. The zero-order chi connectivity index (χ0) is 28.1. The van der Waals surface area contributed by atoms with Crippen LogP contribution in [0.25, 0.3) is 6.08 Å². The number of fused-ring (bicyclic) bond motifs is 2. The van der Waals surface area contributed by atoms with E-state index in [4.69, 9.17) is 18.9 Å². The van der Waals surface area contributed by atoms with Crippen molar-refractivity contribution in [3.8, 4) is 23.0 Å². The van der Waals surface area contributed by atoms with Gasteiger partial charge in [0.25, 0.3) is 0 Å². The van der Waals surface area contributed by atoms with Gasteiger partial charge in [-0.2, -0.15) is 0 Å². The molecule has 2 aliphatic rings. The number of allylic oxidation sites excluding steroid dienone is 1. The lowest BCUT2D eigenvalue weighted by Gasteiger charge is -2.29. The molecule has 0 bridgehead atoms. The Labute approximate surface area is 228 Å². The number of hydrogen-bond donors (Lipinski definition) is 1. The summed E-state index contributed by atoms with van der Waals surface area (Å²) >= 11 is 0. The number of benzene rings is 2. The third kappa shape index (κ3) is 6.44. The van der Waals surface area contributed by atoms with Crippen molar-refractivity contribution in [3.63, 3.8) is 0 Å². The largest absolute Gasteiger partial charge is 0.507 e. The molecule has 0 amide bonds. The number of ether oxygens (including phenoxy) is 4. The first-order valence-electron chi connectivity index (χ1n) is 13.5. The van der Waals surface area contributed by atoms with Crippen molar-refractivity contribution in [1.82, 2.24) is 0 Å². The monoisotopic (exact) mass is 536 g/mol. The third-order valence-corrected chi connectivity index (χ3v) is 6.94. The summed E-state index contributed by atoms with van der Waals surface area (Å²) in [5.74, 6) is -0.753. The van der Waals surface area contributed by atoms with Gasteiger partial charge in [0.05, 0.1) is 25.7 Å². The van der Waals surface area contributed by atoms with Gasteiger partial charge < -0.3 is 24.1 Å². The van der Waals surface area contributed by atoms with Crippen molar-refractivity contribution in [2.75, 3.05) is 7.11 Å². The van der Waals surface area contributed by atoms with E-state index >= 15 is 0 Å². The van der Waals surface area contributed by atoms with Gasteiger partial charge in [-0.1, -0.05) is 24.3 Å². The van der Waals surface area contributed by atoms with Crippen LogP contribution in [-0.2, 0) is 14.3 Å². The molecular formula is C31H36O8. The highest BCUT2D eigenvalue weighted by Crippen LogP contribution is 2.50. The molecule has 0 saturated carbocycles. The molecule has 8 nitrogen and oxygen atoms in total. The van der Waals surface area contributed by atoms with Crippen molar-refractivity contribution < 1.29 is 38.4 Å². The van der Waals surface area contributed by atoms with Crippen LogP contribution in [0.1, 0.15) is 98.7 Å². The molecule has 2 aliphatic heterocycles. The number of methoxy groups -OCH3 is 1. The van der Waals surface area contributed by atoms with Crippen molar-refractivity contribution >= 4 is 23.8 Å². The van der Waals surface area contributed by atoms with Crippen LogP contribution in [0.5, 0.6) is 23.0 Å². The van der Waals surface area contributed by atoms with Crippen LogP contribution in [0.2, 0.25) is 0 Å². The van der Waals surface area contributed by atoms with Crippen LogP contribution in [0.15, 0.2) is 30.3 Å². The van der Waals surface area contributed by atoms with Crippen molar-refractivity contribution in [1.29, 1.82) is 0 Å². The SMILES string of the molecule is COc1cccc(C2CC(=O)Oc3cc4c(c(O)c32)C(=O)OC(C)CCCC(=O)CCC/C=C/4)c1OC(C)C. The van der Waals surface area contributed by atoms with Gasteiger partial charge in [0.15, 0.2) is 11.5 Å². The smallest absolute Gasteiger partial charge is 0.342 e. The predicted molar refractivity (Wildman–Crippen MR) is 146 cm³/mol. The quantitative estimate of drug-likeness (QED) is 0.368. The maximum absolute atomic E-state index is 13.4. The van der Waals surface area contributed by atoms with E-state index in [-0.39, 0.29) is 35.4 Å². The topological polar surface area (TPSA) is 108 Å². The summed E-state index contributed by atoms with van der Waals surface area (Å²) in [6.45, 7) is 5.55. The lowest BCUT2D eigenvalue weighted by atomic mass is 9.83. The van der Waals surface area contributed by atoms with E-state index in [0.717, 1.165) is 0 Å². The van der Waals surface area contributed by atoms with Gasteiger partial charge in [0.1, 0.15) is 22.8 Å². The number of hydrogen-bond acceptors (Lipinski definition) is 8. The number of carbonyl (C=O) groups excluding carboxylic acids is 3. The molecule has 4 rings (SSSR count). The summed E-state index contributed by atoms with van der Waals surface area (Å²) in [6.07, 6.45) is 6.28. The normalized spacial score (nSPS) is 21.2. The maximum atomic E-state index is 13.4. The van der Waals surface area contributed by atoms with Crippen LogP contribution < -0.4 is 14.2 Å². The second-order valence-electron chi connectivity index (χ2n) is 10.3. The van der Waals surface area contributed by atoms with Crippen molar-refractivity contribution in [3.05, 3.63) is 52.6 Å². The van der Waals surface area contributed by atoms with E-state index in [9.17, 15) is 19.5 Å². The first-order valence-corrected chi connectivity index (χ1v) is 13.5. The maximum Gasteiger partial charge on any atom is 0.342 e. The van der Waals surface area contributed by atoms with E-state index in [1.165, 1.54) is 7.11 Å². The summed E-state index contributed by atoms with van der Waals surface area (Å²) in [4.78, 5) is 38.3. The van der Waals surface area contributed by atoms with E-state index in [1.54, 1.807) is 31.2 Å². The first-order chi connectivity index (χ1) is 18.7. The molecule has 2 aromatic rings.